The topological polar surface area (TPSA) is 12.9 Å². The zero-order valence-electron chi connectivity index (χ0n) is 6.20. The van der Waals surface area contributed by atoms with Crippen LogP contribution in [-0.2, 0) is 5.88 Å². The molecular formula is C7H4Cl2F3N. The number of nitrogens with zero attached hydrogens (tertiary/aromatic N) is 1. The van der Waals surface area contributed by atoms with Crippen molar-refractivity contribution in [3.05, 3.63) is 28.3 Å². The summed E-state index contributed by atoms with van der Waals surface area (Å²) < 4.78 is 37.2. The molecule has 1 heterocycles. The van der Waals surface area contributed by atoms with E-state index in [1.54, 1.807) is 0 Å². The number of halogens is 5. The normalized spacial score (nSPS) is 10.9. The summed E-state index contributed by atoms with van der Waals surface area (Å²) in [6.07, 6.45) is -2.80. The number of aromatic nitrogens is 1. The lowest BCUT2D eigenvalue weighted by Crippen LogP contribution is -1.98. The average molecular weight is 230 g/mol. The summed E-state index contributed by atoms with van der Waals surface area (Å²) in [6, 6.07) is 0.848. The third-order valence-corrected chi connectivity index (χ3v) is 2.00. The van der Waals surface area contributed by atoms with Crippen LogP contribution in [0.1, 0.15) is 17.6 Å². The second-order valence-corrected chi connectivity index (χ2v) is 2.87. The summed E-state index contributed by atoms with van der Waals surface area (Å²) in [4.78, 5) is 3.06. The maximum atomic E-state index is 12.6. The van der Waals surface area contributed by atoms with E-state index >= 15 is 0 Å². The highest BCUT2D eigenvalue weighted by atomic mass is 35.5. The van der Waals surface area contributed by atoms with Gasteiger partial charge >= 0.3 is 0 Å². The predicted molar refractivity (Wildman–Crippen MR) is 43.7 cm³/mol. The van der Waals surface area contributed by atoms with Gasteiger partial charge in [-0.1, -0.05) is 11.6 Å². The predicted octanol–water partition coefficient (Wildman–Crippen LogP) is 3.55. The summed E-state index contributed by atoms with van der Waals surface area (Å²) in [5.74, 6) is -1.14. The van der Waals surface area contributed by atoms with E-state index in [1.165, 1.54) is 0 Å². The molecule has 0 aliphatic heterocycles. The van der Waals surface area contributed by atoms with Crippen LogP contribution in [-0.4, -0.2) is 4.98 Å². The molecule has 0 aliphatic rings. The van der Waals surface area contributed by atoms with E-state index in [-0.39, 0.29) is 11.4 Å². The van der Waals surface area contributed by atoms with E-state index in [4.69, 9.17) is 23.2 Å². The Morgan fingerprint density at radius 1 is 1.46 bits per heavy atom. The van der Waals surface area contributed by atoms with E-state index in [2.05, 4.69) is 4.98 Å². The van der Waals surface area contributed by atoms with Crippen molar-refractivity contribution in [1.29, 1.82) is 0 Å². The Balaban J connectivity index is 3.30. The van der Waals surface area contributed by atoms with Crippen LogP contribution >= 0.6 is 23.2 Å². The van der Waals surface area contributed by atoms with Crippen LogP contribution in [0.5, 0.6) is 0 Å². The average Bonchev–Trinajstić information content (AvgIpc) is 2.01. The van der Waals surface area contributed by atoms with Crippen LogP contribution in [0.15, 0.2) is 6.07 Å². The molecule has 13 heavy (non-hydrogen) atoms. The molecule has 0 saturated heterocycles. The first kappa shape index (κ1) is 10.6. The molecule has 1 aromatic rings. The van der Waals surface area contributed by atoms with Crippen LogP contribution in [0.4, 0.5) is 13.2 Å². The minimum atomic E-state index is -2.80. The van der Waals surface area contributed by atoms with Crippen molar-refractivity contribution in [3.63, 3.8) is 0 Å². The summed E-state index contributed by atoms with van der Waals surface area (Å²) in [7, 11) is 0. The van der Waals surface area contributed by atoms with Gasteiger partial charge in [-0.2, -0.15) is 4.39 Å². The second-order valence-electron chi connectivity index (χ2n) is 2.24. The Labute approximate surface area is 82.5 Å². The lowest BCUT2D eigenvalue weighted by molar-refractivity contribution is 0.150. The second kappa shape index (κ2) is 4.15. The van der Waals surface area contributed by atoms with Crippen molar-refractivity contribution in [2.24, 2.45) is 0 Å². The third kappa shape index (κ3) is 2.25. The summed E-state index contributed by atoms with van der Waals surface area (Å²) in [5, 5.41) is -0.536. The molecule has 0 unspecified atom stereocenters. The van der Waals surface area contributed by atoms with Crippen LogP contribution in [0.3, 0.4) is 0 Å². The van der Waals surface area contributed by atoms with Crippen LogP contribution in [0, 0.1) is 5.95 Å². The Morgan fingerprint density at radius 2 is 2.08 bits per heavy atom. The SMILES string of the molecule is Fc1cc(CCl)c(C(F)F)c(Cl)n1. The van der Waals surface area contributed by atoms with Crippen molar-refractivity contribution in [2.75, 3.05) is 0 Å². The fraction of sp³-hybridized carbons (Fsp3) is 0.286. The molecule has 0 fully saturated rings. The first-order valence-corrected chi connectivity index (χ1v) is 4.16. The minimum Gasteiger partial charge on any atom is -0.207 e. The first-order chi connectivity index (χ1) is 6.06. The lowest BCUT2D eigenvalue weighted by atomic mass is 10.2. The summed E-state index contributed by atoms with van der Waals surface area (Å²) in [6.45, 7) is 0. The van der Waals surface area contributed by atoms with Gasteiger partial charge in [0.15, 0.2) is 0 Å². The maximum Gasteiger partial charge on any atom is 0.267 e. The van der Waals surface area contributed by atoms with Gasteiger partial charge in [-0.15, -0.1) is 11.6 Å². The molecule has 0 amide bonds. The monoisotopic (exact) mass is 229 g/mol. The van der Waals surface area contributed by atoms with E-state index in [1.807, 2.05) is 0 Å². The van der Waals surface area contributed by atoms with Crippen molar-refractivity contribution >= 4 is 23.2 Å². The molecule has 0 N–H and O–H groups in total. The van der Waals surface area contributed by atoms with E-state index in [0.29, 0.717) is 0 Å². The number of pyridine rings is 1. The fourth-order valence-corrected chi connectivity index (χ4v) is 1.39. The number of rotatable bonds is 2. The molecule has 1 aromatic heterocycles. The Bertz CT molecular complexity index is 317. The summed E-state index contributed by atoms with van der Waals surface area (Å²) >= 11 is 10.7. The van der Waals surface area contributed by atoms with E-state index < -0.39 is 23.1 Å². The Hall–Kier alpha value is -0.480. The molecule has 6 heteroatoms. The van der Waals surface area contributed by atoms with E-state index in [0.717, 1.165) is 6.07 Å². The van der Waals surface area contributed by atoms with Crippen molar-refractivity contribution in [3.8, 4) is 0 Å². The van der Waals surface area contributed by atoms with Gasteiger partial charge in [0.05, 0.1) is 5.56 Å². The number of hydrogen-bond donors (Lipinski definition) is 0. The standard InChI is InChI=1S/C7H4Cl2F3N/c8-2-3-1-4(10)13-6(9)5(3)7(11)12/h1,7H,2H2. The maximum absolute atomic E-state index is 12.6. The van der Waals surface area contributed by atoms with Crippen molar-refractivity contribution in [1.82, 2.24) is 4.98 Å². The van der Waals surface area contributed by atoms with Crippen molar-refractivity contribution < 1.29 is 13.2 Å². The first-order valence-electron chi connectivity index (χ1n) is 3.25. The molecule has 1 rings (SSSR count). The highest BCUT2D eigenvalue weighted by Gasteiger charge is 2.18. The molecule has 0 bridgehead atoms. The zero-order chi connectivity index (χ0) is 10.0. The highest BCUT2D eigenvalue weighted by Crippen LogP contribution is 2.30. The quantitative estimate of drug-likeness (QED) is 0.559. The molecule has 0 aromatic carbocycles. The van der Waals surface area contributed by atoms with Gasteiger partial charge in [0.1, 0.15) is 5.15 Å². The molecule has 0 aliphatic carbocycles. The molecule has 0 atom stereocenters. The van der Waals surface area contributed by atoms with Crippen LogP contribution in [0.25, 0.3) is 0 Å². The molecular weight excluding hydrogens is 226 g/mol. The highest BCUT2D eigenvalue weighted by molar-refractivity contribution is 6.30. The van der Waals surface area contributed by atoms with Gasteiger partial charge in [-0.05, 0) is 11.6 Å². The van der Waals surface area contributed by atoms with Gasteiger partial charge in [0.2, 0.25) is 5.95 Å². The van der Waals surface area contributed by atoms with Gasteiger partial charge in [0, 0.05) is 5.88 Å². The molecule has 0 radical (unpaired) electrons. The van der Waals surface area contributed by atoms with Gasteiger partial charge < -0.3 is 0 Å². The number of alkyl halides is 3. The van der Waals surface area contributed by atoms with Crippen molar-refractivity contribution in [2.45, 2.75) is 12.3 Å². The summed E-state index contributed by atoms with van der Waals surface area (Å²) in [5.41, 5.74) is -0.535. The Kier molecular flexibility index (Phi) is 3.39. The third-order valence-electron chi connectivity index (χ3n) is 1.43. The fourth-order valence-electron chi connectivity index (χ4n) is 0.881. The van der Waals surface area contributed by atoms with Gasteiger partial charge in [0.25, 0.3) is 6.43 Å². The smallest absolute Gasteiger partial charge is 0.207 e. The van der Waals surface area contributed by atoms with E-state index in [9.17, 15) is 13.2 Å². The largest absolute Gasteiger partial charge is 0.267 e. The molecule has 1 nitrogen and oxygen atoms in total. The van der Waals surface area contributed by atoms with Crippen LogP contribution < -0.4 is 0 Å². The molecule has 0 spiro atoms. The Morgan fingerprint density at radius 3 is 2.54 bits per heavy atom. The number of hydrogen-bond acceptors (Lipinski definition) is 1. The van der Waals surface area contributed by atoms with Gasteiger partial charge in [-0.25, -0.2) is 13.8 Å². The zero-order valence-corrected chi connectivity index (χ0v) is 7.71. The van der Waals surface area contributed by atoms with Gasteiger partial charge in [-0.3, -0.25) is 0 Å². The lowest BCUT2D eigenvalue weighted by Gasteiger charge is -2.07. The molecule has 72 valence electrons. The van der Waals surface area contributed by atoms with Crippen LogP contribution in [0.2, 0.25) is 5.15 Å². The minimum absolute atomic E-state index is 0.0332. The molecule has 0 saturated carbocycles.